The minimum Gasteiger partial charge on any atom is -0.382 e. The molecule has 5 nitrogen and oxygen atoms in total. The van der Waals surface area contributed by atoms with Crippen molar-refractivity contribution < 1.29 is 14.3 Å². The summed E-state index contributed by atoms with van der Waals surface area (Å²) < 4.78 is 10.7. The fourth-order valence-corrected chi connectivity index (χ4v) is 3.10. The molecule has 0 unspecified atom stereocenters. The van der Waals surface area contributed by atoms with Crippen LogP contribution in [0.4, 0.5) is 4.79 Å². The van der Waals surface area contributed by atoms with Gasteiger partial charge in [-0.2, -0.15) is 0 Å². The zero-order valence-corrected chi connectivity index (χ0v) is 13.4. The molecule has 1 saturated carbocycles. The number of methoxy groups -OCH3 is 1. The number of urea groups is 1. The van der Waals surface area contributed by atoms with Gasteiger partial charge in [-0.15, -0.1) is 0 Å². The number of rotatable bonds is 4. The maximum absolute atomic E-state index is 12.3. The van der Waals surface area contributed by atoms with Gasteiger partial charge in [0.1, 0.15) is 0 Å². The van der Waals surface area contributed by atoms with Crippen molar-refractivity contribution >= 4 is 17.6 Å². The Morgan fingerprint density at radius 3 is 3.18 bits per heavy atom. The van der Waals surface area contributed by atoms with E-state index in [2.05, 4.69) is 11.4 Å². The normalized spacial score (nSPS) is 27.5. The Hall–Kier alpha value is -1.30. The van der Waals surface area contributed by atoms with E-state index in [0.717, 1.165) is 11.4 Å². The molecule has 1 saturated heterocycles. The fraction of sp³-hybridized carbons (Fsp3) is 0.562. The summed E-state index contributed by atoms with van der Waals surface area (Å²) in [6.45, 7) is 2.27. The summed E-state index contributed by atoms with van der Waals surface area (Å²) in [6, 6.07) is 8.04. The van der Waals surface area contributed by atoms with E-state index in [4.69, 9.17) is 21.1 Å². The molecule has 0 aromatic heterocycles. The Morgan fingerprint density at radius 1 is 1.55 bits per heavy atom. The van der Waals surface area contributed by atoms with Crippen LogP contribution >= 0.6 is 11.6 Å². The van der Waals surface area contributed by atoms with E-state index in [1.807, 2.05) is 18.2 Å². The van der Waals surface area contributed by atoms with Crippen molar-refractivity contribution in [2.75, 3.05) is 33.4 Å². The van der Waals surface area contributed by atoms with E-state index in [-0.39, 0.29) is 18.2 Å². The van der Waals surface area contributed by atoms with E-state index in [9.17, 15) is 4.79 Å². The lowest BCUT2D eigenvalue weighted by atomic mass is 10.1. The largest absolute Gasteiger partial charge is 0.382 e. The van der Waals surface area contributed by atoms with Crippen LogP contribution < -0.4 is 5.32 Å². The zero-order chi connectivity index (χ0) is 15.5. The number of halogens is 1. The van der Waals surface area contributed by atoms with Gasteiger partial charge in [-0.05, 0) is 24.1 Å². The highest BCUT2D eigenvalue weighted by molar-refractivity contribution is 6.30. The predicted molar refractivity (Wildman–Crippen MR) is 84.3 cm³/mol. The van der Waals surface area contributed by atoms with Gasteiger partial charge in [-0.3, -0.25) is 0 Å². The van der Waals surface area contributed by atoms with Crippen molar-refractivity contribution in [3.63, 3.8) is 0 Å². The van der Waals surface area contributed by atoms with Crippen LogP contribution in [0.15, 0.2) is 24.3 Å². The molecular formula is C16H21ClN2O3. The maximum Gasteiger partial charge on any atom is 0.317 e. The Morgan fingerprint density at radius 2 is 2.41 bits per heavy atom. The van der Waals surface area contributed by atoms with Crippen molar-refractivity contribution in [3.8, 4) is 0 Å². The molecule has 1 aromatic carbocycles. The number of carbonyl (C=O) groups excluding carboxylic acids is 1. The van der Waals surface area contributed by atoms with Gasteiger partial charge in [0, 0.05) is 30.6 Å². The summed E-state index contributed by atoms with van der Waals surface area (Å²) in [6.07, 6.45) is 0.935. The molecule has 2 aliphatic rings. The lowest BCUT2D eigenvalue weighted by Crippen LogP contribution is -2.51. The number of hydrogen-bond acceptors (Lipinski definition) is 3. The van der Waals surface area contributed by atoms with Crippen LogP contribution in [0.2, 0.25) is 5.02 Å². The zero-order valence-electron chi connectivity index (χ0n) is 12.6. The van der Waals surface area contributed by atoms with E-state index in [0.29, 0.717) is 32.2 Å². The van der Waals surface area contributed by atoms with Gasteiger partial charge in [0.2, 0.25) is 0 Å². The highest BCUT2D eigenvalue weighted by atomic mass is 35.5. The van der Waals surface area contributed by atoms with Crippen molar-refractivity contribution in [2.24, 2.45) is 0 Å². The summed E-state index contributed by atoms with van der Waals surface area (Å²) in [4.78, 5) is 14.1. The standard InChI is InChI=1S/C16H21ClN2O3/c1-21-10-13-9-19(5-6-22-13)16(20)18-15-8-14(15)11-3-2-4-12(17)7-11/h2-4,7,13-15H,5-6,8-10H2,1H3,(H,18,20)/t13-,14+,15-/m0/s1. The van der Waals surface area contributed by atoms with Crippen molar-refractivity contribution in [2.45, 2.75) is 24.5 Å². The Bertz CT molecular complexity index is 538. The first-order valence-corrected chi connectivity index (χ1v) is 7.96. The van der Waals surface area contributed by atoms with Crippen LogP contribution in [0.3, 0.4) is 0 Å². The average Bonchev–Trinajstić information content (AvgIpc) is 3.27. The van der Waals surface area contributed by atoms with Crippen LogP contribution in [0.5, 0.6) is 0 Å². The Kier molecular flexibility index (Phi) is 4.86. The molecule has 0 bridgehead atoms. The highest BCUT2D eigenvalue weighted by Gasteiger charge is 2.40. The molecule has 22 heavy (non-hydrogen) atoms. The van der Waals surface area contributed by atoms with Gasteiger partial charge in [0.15, 0.2) is 0 Å². The van der Waals surface area contributed by atoms with Gasteiger partial charge >= 0.3 is 6.03 Å². The number of nitrogens with one attached hydrogen (secondary N) is 1. The molecule has 0 radical (unpaired) electrons. The molecule has 0 spiro atoms. The van der Waals surface area contributed by atoms with Crippen LogP contribution in [-0.2, 0) is 9.47 Å². The lowest BCUT2D eigenvalue weighted by Gasteiger charge is -2.32. The van der Waals surface area contributed by atoms with Gasteiger partial charge in [0.05, 0.1) is 25.9 Å². The molecular weight excluding hydrogens is 304 g/mol. The third kappa shape index (κ3) is 3.72. The Labute approximate surface area is 135 Å². The summed E-state index contributed by atoms with van der Waals surface area (Å²) in [5, 5.41) is 3.84. The van der Waals surface area contributed by atoms with Crippen LogP contribution in [0.25, 0.3) is 0 Å². The molecule has 1 aliphatic carbocycles. The second-order valence-corrected chi connectivity index (χ2v) is 6.28. The molecule has 3 atom stereocenters. The number of amides is 2. The maximum atomic E-state index is 12.3. The first kappa shape index (κ1) is 15.6. The summed E-state index contributed by atoms with van der Waals surface area (Å²) in [7, 11) is 1.64. The smallest absolute Gasteiger partial charge is 0.317 e. The number of benzene rings is 1. The fourth-order valence-electron chi connectivity index (χ4n) is 2.90. The number of ether oxygens (including phenoxy) is 2. The molecule has 1 N–H and O–H groups in total. The van der Waals surface area contributed by atoms with Crippen LogP contribution in [0.1, 0.15) is 17.9 Å². The first-order chi connectivity index (χ1) is 10.7. The predicted octanol–water partition coefficient (Wildman–Crippen LogP) is 2.25. The molecule has 3 rings (SSSR count). The van der Waals surface area contributed by atoms with Crippen molar-refractivity contribution in [1.82, 2.24) is 10.2 Å². The van der Waals surface area contributed by atoms with E-state index < -0.39 is 0 Å². The molecule has 2 amide bonds. The molecule has 1 heterocycles. The van der Waals surface area contributed by atoms with Gasteiger partial charge < -0.3 is 19.7 Å². The Balaban J connectivity index is 1.51. The van der Waals surface area contributed by atoms with Gasteiger partial charge in [0.25, 0.3) is 0 Å². The monoisotopic (exact) mass is 324 g/mol. The number of nitrogens with zero attached hydrogens (tertiary/aromatic N) is 1. The molecule has 6 heteroatoms. The summed E-state index contributed by atoms with van der Waals surface area (Å²) >= 11 is 6.02. The summed E-state index contributed by atoms with van der Waals surface area (Å²) in [5.74, 6) is 0.374. The molecule has 2 fully saturated rings. The molecule has 1 aromatic rings. The van der Waals surface area contributed by atoms with Crippen molar-refractivity contribution in [1.29, 1.82) is 0 Å². The van der Waals surface area contributed by atoms with Gasteiger partial charge in [-0.25, -0.2) is 4.79 Å². The quantitative estimate of drug-likeness (QED) is 0.924. The lowest BCUT2D eigenvalue weighted by molar-refractivity contribution is -0.0494. The minimum atomic E-state index is -0.0348. The second-order valence-electron chi connectivity index (χ2n) is 5.85. The third-order valence-corrected chi connectivity index (χ3v) is 4.39. The third-order valence-electron chi connectivity index (χ3n) is 4.15. The second kappa shape index (κ2) is 6.86. The topological polar surface area (TPSA) is 50.8 Å². The van der Waals surface area contributed by atoms with Crippen molar-refractivity contribution in [3.05, 3.63) is 34.9 Å². The van der Waals surface area contributed by atoms with Crippen LogP contribution in [-0.4, -0.2) is 56.5 Å². The highest BCUT2D eigenvalue weighted by Crippen LogP contribution is 2.41. The molecule has 120 valence electrons. The number of carbonyl (C=O) groups is 1. The number of hydrogen-bond donors (Lipinski definition) is 1. The average molecular weight is 325 g/mol. The molecule has 1 aliphatic heterocycles. The van der Waals surface area contributed by atoms with E-state index in [1.165, 1.54) is 5.56 Å². The summed E-state index contributed by atoms with van der Waals surface area (Å²) in [5.41, 5.74) is 1.19. The first-order valence-electron chi connectivity index (χ1n) is 7.59. The SMILES string of the molecule is COC[C@@H]1CN(C(=O)N[C@H]2C[C@@H]2c2cccc(Cl)c2)CCO1. The van der Waals surface area contributed by atoms with Gasteiger partial charge in [-0.1, -0.05) is 23.7 Å². The van der Waals surface area contributed by atoms with E-state index >= 15 is 0 Å². The van der Waals surface area contributed by atoms with E-state index in [1.54, 1.807) is 12.0 Å². The number of morpholine rings is 1. The minimum absolute atomic E-state index is 0.0149. The van der Waals surface area contributed by atoms with Crippen LogP contribution in [0, 0.1) is 0 Å².